The van der Waals surface area contributed by atoms with Gasteiger partial charge in [0.15, 0.2) is 0 Å². The number of thiophene rings is 1. The van der Waals surface area contributed by atoms with Gasteiger partial charge in [-0.2, -0.15) is 0 Å². The van der Waals surface area contributed by atoms with Crippen molar-refractivity contribution in [1.29, 1.82) is 0 Å². The van der Waals surface area contributed by atoms with Crippen molar-refractivity contribution in [2.75, 3.05) is 38.5 Å². The monoisotopic (exact) mass is 314 g/mol. The second-order valence-corrected chi connectivity index (χ2v) is 6.81. The fourth-order valence-electron chi connectivity index (χ4n) is 2.04. The smallest absolute Gasteiger partial charge is 0.304 e. The molecule has 0 unspecified atom stereocenters. The molecule has 5 nitrogen and oxygen atoms in total. The number of carboxylic acids is 1. The van der Waals surface area contributed by atoms with Crippen molar-refractivity contribution >= 4 is 35.0 Å². The molecule has 110 valence electrons. The minimum atomic E-state index is -0.768. The van der Waals surface area contributed by atoms with Crippen LogP contribution >= 0.6 is 23.1 Å². The Morgan fingerprint density at radius 1 is 1.30 bits per heavy atom. The Morgan fingerprint density at radius 3 is 2.65 bits per heavy atom. The van der Waals surface area contributed by atoms with Crippen LogP contribution in [-0.4, -0.2) is 65.3 Å². The lowest BCUT2D eigenvalue weighted by atomic mass is 10.3. The lowest BCUT2D eigenvalue weighted by molar-refractivity contribution is -0.138. The van der Waals surface area contributed by atoms with Crippen molar-refractivity contribution in [3.63, 3.8) is 0 Å². The number of nitrogens with zero attached hydrogens (tertiary/aromatic N) is 2. The molecule has 0 aliphatic carbocycles. The summed E-state index contributed by atoms with van der Waals surface area (Å²) in [5.41, 5.74) is 0. The molecule has 0 saturated carbocycles. The summed E-state index contributed by atoms with van der Waals surface area (Å²) < 4.78 is 1.17. The zero-order valence-electron chi connectivity index (χ0n) is 11.2. The third-order valence-electron chi connectivity index (χ3n) is 3.20. The highest BCUT2D eigenvalue weighted by Crippen LogP contribution is 2.23. The van der Waals surface area contributed by atoms with E-state index in [1.54, 1.807) is 23.1 Å². The van der Waals surface area contributed by atoms with Gasteiger partial charge in [-0.25, -0.2) is 0 Å². The van der Waals surface area contributed by atoms with Crippen molar-refractivity contribution in [2.24, 2.45) is 0 Å². The van der Waals surface area contributed by atoms with Gasteiger partial charge in [0.05, 0.1) is 16.4 Å². The molecule has 0 aromatic carbocycles. The Kier molecular flexibility index (Phi) is 5.87. The van der Waals surface area contributed by atoms with Crippen molar-refractivity contribution in [3.05, 3.63) is 17.5 Å². The van der Waals surface area contributed by atoms with Gasteiger partial charge in [-0.15, -0.1) is 23.1 Å². The first-order valence-electron chi connectivity index (χ1n) is 6.53. The van der Waals surface area contributed by atoms with Gasteiger partial charge in [-0.05, 0) is 11.4 Å². The SMILES string of the molecule is O=C(O)CCN1CCN(C(=O)CSc2cccs2)CC1. The number of amides is 1. The third kappa shape index (κ3) is 4.81. The molecule has 0 radical (unpaired) electrons. The molecule has 0 spiro atoms. The number of hydrogen-bond donors (Lipinski definition) is 1. The van der Waals surface area contributed by atoms with E-state index in [1.165, 1.54) is 4.21 Å². The molecule has 7 heteroatoms. The predicted molar refractivity (Wildman–Crippen MR) is 80.3 cm³/mol. The summed E-state index contributed by atoms with van der Waals surface area (Å²) in [5, 5.41) is 10.7. The fourth-order valence-corrected chi connectivity index (χ4v) is 3.73. The average molecular weight is 314 g/mol. The minimum Gasteiger partial charge on any atom is -0.481 e. The molecule has 1 saturated heterocycles. The Balaban J connectivity index is 1.67. The molecule has 2 rings (SSSR count). The number of piperazine rings is 1. The van der Waals surface area contributed by atoms with Gasteiger partial charge in [-0.1, -0.05) is 6.07 Å². The molecule has 1 N–H and O–H groups in total. The van der Waals surface area contributed by atoms with E-state index in [0.717, 1.165) is 13.1 Å². The van der Waals surface area contributed by atoms with E-state index >= 15 is 0 Å². The number of hydrogen-bond acceptors (Lipinski definition) is 5. The molecule has 1 aliphatic rings. The molecule has 1 aliphatic heterocycles. The zero-order valence-corrected chi connectivity index (χ0v) is 12.8. The van der Waals surface area contributed by atoms with Crippen LogP contribution < -0.4 is 0 Å². The molecule has 1 aromatic heterocycles. The molecule has 0 bridgehead atoms. The van der Waals surface area contributed by atoms with Crippen LogP contribution in [0.5, 0.6) is 0 Å². The van der Waals surface area contributed by atoms with E-state index in [1.807, 2.05) is 22.4 Å². The van der Waals surface area contributed by atoms with Crippen molar-refractivity contribution in [3.8, 4) is 0 Å². The zero-order chi connectivity index (χ0) is 14.4. The Labute approximate surface area is 126 Å². The third-order valence-corrected chi connectivity index (χ3v) is 5.32. The summed E-state index contributed by atoms with van der Waals surface area (Å²) in [5.74, 6) is -0.118. The summed E-state index contributed by atoms with van der Waals surface area (Å²) in [6.07, 6.45) is 0.169. The number of carbonyl (C=O) groups excluding carboxylic acids is 1. The van der Waals surface area contributed by atoms with Crippen LogP contribution in [0.1, 0.15) is 6.42 Å². The van der Waals surface area contributed by atoms with Gasteiger partial charge >= 0.3 is 5.97 Å². The van der Waals surface area contributed by atoms with E-state index in [9.17, 15) is 9.59 Å². The van der Waals surface area contributed by atoms with E-state index < -0.39 is 5.97 Å². The van der Waals surface area contributed by atoms with Gasteiger partial charge < -0.3 is 10.0 Å². The summed E-state index contributed by atoms with van der Waals surface area (Å²) >= 11 is 3.23. The highest BCUT2D eigenvalue weighted by molar-refractivity contribution is 8.01. The van der Waals surface area contributed by atoms with Crippen LogP contribution in [0.2, 0.25) is 0 Å². The largest absolute Gasteiger partial charge is 0.481 e. The normalized spacial score (nSPS) is 16.3. The van der Waals surface area contributed by atoms with Crippen molar-refractivity contribution in [2.45, 2.75) is 10.6 Å². The first-order valence-corrected chi connectivity index (χ1v) is 8.40. The molecule has 20 heavy (non-hydrogen) atoms. The molecular formula is C13H18N2O3S2. The second kappa shape index (κ2) is 7.66. The fraction of sp³-hybridized carbons (Fsp3) is 0.538. The summed E-state index contributed by atoms with van der Waals surface area (Å²) in [6.45, 7) is 3.50. The predicted octanol–water partition coefficient (Wildman–Crippen LogP) is 1.46. The van der Waals surface area contributed by atoms with E-state index in [-0.39, 0.29) is 12.3 Å². The van der Waals surface area contributed by atoms with E-state index in [0.29, 0.717) is 25.4 Å². The van der Waals surface area contributed by atoms with Gasteiger partial charge in [0.25, 0.3) is 0 Å². The van der Waals surface area contributed by atoms with Crippen LogP contribution in [0.15, 0.2) is 21.7 Å². The number of rotatable bonds is 6. The van der Waals surface area contributed by atoms with Gasteiger partial charge in [0, 0.05) is 32.7 Å². The van der Waals surface area contributed by atoms with E-state index in [4.69, 9.17) is 5.11 Å². The van der Waals surface area contributed by atoms with Crippen LogP contribution in [0.4, 0.5) is 0 Å². The number of carbonyl (C=O) groups is 2. The lowest BCUT2D eigenvalue weighted by Gasteiger charge is -2.34. The highest BCUT2D eigenvalue weighted by atomic mass is 32.2. The maximum Gasteiger partial charge on any atom is 0.304 e. The van der Waals surface area contributed by atoms with Gasteiger partial charge in [-0.3, -0.25) is 14.5 Å². The Hall–Kier alpha value is -1.05. The summed E-state index contributed by atoms with van der Waals surface area (Å²) in [4.78, 5) is 26.6. The lowest BCUT2D eigenvalue weighted by Crippen LogP contribution is -2.49. The first kappa shape index (κ1) is 15.3. The molecule has 1 fully saturated rings. The van der Waals surface area contributed by atoms with Crippen LogP contribution in [-0.2, 0) is 9.59 Å². The average Bonchev–Trinajstić information content (AvgIpc) is 2.96. The summed E-state index contributed by atoms with van der Waals surface area (Å²) in [7, 11) is 0. The topological polar surface area (TPSA) is 60.9 Å². The molecule has 1 amide bonds. The second-order valence-electron chi connectivity index (χ2n) is 4.59. The number of aliphatic carboxylic acids is 1. The van der Waals surface area contributed by atoms with E-state index in [2.05, 4.69) is 4.90 Å². The van der Waals surface area contributed by atoms with Gasteiger partial charge in [0.1, 0.15) is 0 Å². The first-order chi connectivity index (χ1) is 9.65. The molecule has 0 atom stereocenters. The number of thioether (sulfide) groups is 1. The Morgan fingerprint density at radius 2 is 2.05 bits per heavy atom. The Bertz CT molecular complexity index is 442. The maximum absolute atomic E-state index is 12.1. The quantitative estimate of drug-likeness (QED) is 0.806. The highest BCUT2D eigenvalue weighted by Gasteiger charge is 2.21. The minimum absolute atomic E-state index is 0.168. The standard InChI is InChI=1S/C13H18N2O3S2/c16-11(10-20-13-2-1-9-19-13)15-7-5-14(6-8-15)4-3-12(17)18/h1-2,9H,3-8,10H2,(H,17,18). The van der Waals surface area contributed by atoms with Gasteiger partial charge in [0.2, 0.25) is 5.91 Å². The van der Waals surface area contributed by atoms with Crippen LogP contribution in [0.3, 0.4) is 0 Å². The molecule has 1 aromatic rings. The number of carboxylic acid groups (broad SMARTS) is 1. The van der Waals surface area contributed by atoms with Crippen molar-refractivity contribution in [1.82, 2.24) is 9.80 Å². The van der Waals surface area contributed by atoms with Crippen molar-refractivity contribution < 1.29 is 14.7 Å². The summed E-state index contributed by atoms with van der Waals surface area (Å²) in [6, 6.07) is 4.01. The molecular weight excluding hydrogens is 296 g/mol. The molecule has 2 heterocycles. The maximum atomic E-state index is 12.1. The van der Waals surface area contributed by atoms with Crippen LogP contribution in [0.25, 0.3) is 0 Å². The van der Waals surface area contributed by atoms with Crippen LogP contribution in [0, 0.1) is 0 Å².